The van der Waals surface area contributed by atoms with Gasteiger partial charge in [0, 0.05) is 7.05 Å². The van der Waals surface area contributed by atoms with Crippen LogP contribution in [0.15, 0.2) is 40.2 Å². The first-order chi connectivity index (χ1) is 7.18. The molecule has 0 unspecified atom stereocenters. The van der Waals surface area contributed by atoms with Crippen molar-refractivity contribution in [2.24, 2.45) is 0 Å². The van der Waals surface area contributed by atoms with Gasteiger partial charge in [-0.2, -0.15) is 0 Å². The third-order valence-electron chi connectivity index (χ3n) is 2.19. The van der Waals surface area contributed by atoms with E-state index in [0.29, 0.717) is 0 Å². The second-order valence-corrected chi connectivity index (χ2v) is 5.64. The van der Waals surface area contributed by atoms with E-state index in [9.17, 15) is 0 Å². The summed E-state index contributed by atoms with van der Waals surface area (Å²) in [5.41, 5.74) is 7.75. The fourth-order valence-corrected chi connectivity index (χ4v) is 2.73. The van der Waals surface area contributed by atoms with E-state index >= 15 is 0 Å². The number of para-hydroxylation sites is 2. The Morgan fingerprint density at radius 2 is 1.93 bits per heavy atom. The van der Waals surface area contributed by atoms with Crippen LogP contribution in [-0.2, 0) is 0 Å². The van der Waals surface area contributed by atoms with Crippen LogP contribution in [0.1, 0.15) is 0 Å². The maximum Gasteiger partial charge on any atom is 0.0962 e. The summed E-state index contributed by atoms with van der Waals surface area (Å²) in [5, 5.41) is 1.17. The number of benzene rings is 1. The number of hydrogen-bond acceptors (Lipinski definition) is 3. The molecular formula is C11H11BrN2S. The quantitative estimate of drug-likeness (QED) is 0.848. The van der Waals surface area contributed by atoms with Crippen LogP contribution in [0, 0.1) is 0 Å². The van der Waals surface area contributed by atoms with Gasteiger partial charge < -0.3 is 10.6 Å². The Kier molecular flexibility index (Phi) is 2.98. The van der Waals surface area contributed by atoms with Gasteiger partial charge in [0.2, 0.25) is 0 Å². The Morgan fingerprint density at radius 1 is 1.20 bits per heavy atom. The highest BCUT2D eigenvalue weighted by atomic mass is 79.9. The van der Waals surface area contributed by atoms with Gasteiger partial charge in [-0.1, -0.05) is 12.1 Å². The lowest BCUT2D eigenvalue weighted by Crippen LogP contribution is -2.09. The van der Waals surface area contributed by atoms with Gasteiger partial charge in [-0.15, -0.1) is 11.3 Å². The fourth-order valence-electron chi connectivity index (χ4n) is 1.40. The van der Waals surface area contributed by atoms with Gasteiger partial charge in [0.25, 0.3) is 0 Å². The number of hydrogen-bond donors (Lipinski definition) is 1. The maximum absolute atomic E-state index is 5.92. The zero-order valence-corrected chi connectivity index (χ0v) is 10.7. The largest absolute Gasteiger partial charge is 0.397 e. The highest BCUT2D eigenvalue weighted by molar-refractivity contribution is 9.11. The van der Waals surface area contributed by atoms with E-state index in [4.69, 9.17) is 5.73 Å². The molecule has 0 aliphatic rings. The monoisotopic (exact) mass is 282 g/mol. The van der Waals surface area contributed by atoms with Gasteiger partial charge in [-0.25, -0.2) is 0 Å². The van der Waals surface area contributed by atoms with Gasteiger partial charge in [-0.3, -0.25) is 0 Å². The molecule has 0 saturated carbocycles. The second kappa shape index (κ2) is 4.24. The Hall–Kier alpha value is -1.00. The van der Waals surface area contributed by atoms with E-state index < -0.39 is 0 Å². The van der Waals surface area contributed by atoms with E-state index in [1.165, 1.54) is 5.00 Å². The molecule has 0 bridgehead atoms. The van der Waals surface area contributed by atoms with Gasteiger partial charge in [-0.05, 0) is 40.2 Å². The van der Waals surface area contributed by atoms with Crippen molar-refractivity contribution in [3.63, 3.8) is 0 Å². The number of nitrogens with zero attached hydrogens (tertiary/aromatic N) is 1. The molecule has 2 rings (SSSR count). The van der Waals surface area contributed by atoms with Crippen molar-refractivity contribution in [3.8, 4) is 0 Å². The zero-order chi connectivity index (χ0) is 10.8. The summed E-state index contributed by atoms with van der Waals surface area (Å²) in [4.78, 5) is 2.09. The smallest absolute Gasteiger partial charge is 0.0962 e. The molecule has 0 aliphatic carbocycles. The average Bonchev–Trinajstić information content (AvgIpc) is 2.65. The highest BCUT2D eigenvalue weighted by Gasteiger charge is 2.08. The van der Waals surface area contributed by atoms with Crippen molar-refractivity contribution in [2.45, 2.75) is 0 Å². The minimum atomic E-state index is 0.796. The van der Waals surface area contributed by atoms with Crippen LogP contribution in [0.25, 0.3) is 0 Å². The number of nitrogen functional groups attached to an aromatic ring is 1. The lowest BCUT2D eigenvalue weighted by molar-refractivity contribution is 1.24. The molecule has 2 nitrogen and oxygen atoms in total. The first-order valence-corrected chi connectivity index (χ1v) is 6.13. The van der Waals surface area contributed by atoms with E-state index in [0.717, 1.165) is 15.2 Å². The van der Waals surface area contributed by atoms with Crippen LogP contribution in [0.5, 0.6) is 0 Å². The maximum atomic E-state index is 5.92. The number of thiophene rings is 1. The summed E-state index contributed by atoms with van der Waals surface area (Å²) in [6.45, 7) is 0. The number of rotatable bonds is 2. The first kappa shape index (κ1) is 10.5. The standard InChI is InChI=1S/C11H11BrN2S/c1-14(11-7-6-10(12)15-11)9-5-3-2-4-8(9)13/h2-7H,13H2,1H3. The van der Waals surface area contributed by atoms with Crippen LogP contribution >= 0.6 is 27.3 Å². The molecule has 0 spiro atoms. The lowest BCUT2D eigenvalue weighted by atomic mass is 10.2. The summed E-state index contributed by atoms with van der Waals surface area (Å²) in [6.07, 6.45) is 0. The zero-order valence-electron chi connectivity index (χ0n) is 8.27. The molecule has 2 N–H and O–H groups in total. The fraction of sp³-hybridized carbons (Fsp3) is 0.0909. The molecule has 0 radical (unpaired) electrons. The molecule has 0 fully saturated rings. The molecule has 78 valence electrons. The highest BCUT2D eigenvalue weighted by Crippen LogP contribution is 2.35. The van der Waals surface area contributed by atoms with E-state index in [1.807, 2.05) is 37.4 Å². The topological polar surface area (TPSA) is 29.3 Å². The molecule has 2 aromatic rings. The molecule has 1 aromatic carbocycles. The van der Waals surface area contributed by atoms with Gasteiger partial charge in [0.1, 0.15) is 0 Å². The summed E-state index contributed by atoms with van der Waals surface area (Å²) >= 11 is 5.14. The van der Waals surface area contributed by atoms with E-state index in [2.05, 4.69) is 26.9 Å². The third kappa shape index (κ3) is 2.16. The van der Waals surface area contributed by atoms with Crippen LogP contribution < -0.4 is 10.6 Å². The van der Waals surface area contributed by atoms with Crippen molar-refractivity contribution in [2.75, 3.05) is 17.7 Å². The van der Waals surface area contributed by atoms with Crippen molar-refractivity contribution < 1.29 is 0 Å². The molecule has 0 amide bonds. The van der Waals surface area contributed by atoms with Crippen molar-refractivity contribution in [1.82, 2.24) is 0 Å². The average molecular weight is 283 g/mol. The Balaban J connectivity index is 2.36. The van der Waals surface area contributed by atoms with Crippen LogP contribution in [0.2, 0.25) is 0 Å². The molecule has 1 aromatic heterocycles. The predicted molar refractivity (Wildman–Crippen MR) is 70.9 cm³/mol. The van der Waals surface area contributed by atoms with E-state index in [1.54, 1.807) is 11.3 Å². The predicted octanol–water partition coefficient (Wildman–Crippen LogP) is 3.86. The molecule has 0 saturated heterocycles. The van der Waals surface area contributed by atoms with Crippen molar-refractivity contribution >= 4 is 43.6 Å². The third-order valence-corrected chi connectivity index (χ3v) is 3.89. The van der Waals surface area contributed by atoms with Crippen LogP contribution in [0.4, 0.5) is 16.4 Å². The van der Waals surface area contributed by atoms with Crippen LogP contribution in [0.3, 0.4) is 0 Å². The second-order valence-electron chi connectivity index (χ2n) is 3.20. The lowest BCUT2D eigenvalue weighted by Gasteiger charge is -2.18. The summed E-state index contributed by atoms with van der Waals surface area (Å²) in [5.74, 6) is 0. The Bertz CT molecular complexity index is 467. The number of anilines is 3. The van der Waals surface area contributed by atoms with Crippen molar-refractivity contribution in [3.05, 3.63) is 40.2 Å². The number of halogens is 1. The van der Waals surface area contributed by atoms with Gasteiger partial charge in [0.05, 0.1) is 20.2 Å². The molecule has 15 heavy (non-hydrogen) atoms. The Morgan fingerprint density at radius 3 is 2.53 bits per heavy atom. The number of nitrogens with two attached hydrogens (primary N) is 1. The summed E-state index contributed by atoms with van der Waals surface area (Å²) in [7, 11) is 2.02. The Labute approximate surface area is 101 Å². The van der Waals surface area contributed by atoms with Gasteiger partial charge in [0.15, 0.2) is 0 Å². The summed E-state index contributed by atoms with van der Waals surface area (Å²) in [6, 6.07) is 12.0. The van der Waals surface area contributed by atoms with Crippen molar-refractivity contribution in [1.29, 1.82) is 0 Å². The summed E-state index contributed by atoms with van der Waals surface area (Å²) < 4.78 is 1.12. The molecule has 4 heteroatoms. The molecule has 0 aliphatic heterocycles. The normalized spacial score (nSPS) is 10.3. The molecule has 0 atom stereocenters. The van der Waals surface area contributed by atoms with Crippen LogP contribution in [-0.4, -0.2) is 7.05 Å². The molecular weight excluding hydrogens is 272 g/mol. The first-order valence-electron chi connectivity index (χ1n) is 4.52. The minimum Gasteiger partial charge on any atom is -0.397 e. The minimum absolute atomic E-state index is 0.796. The van der Waals surface area contributed by atoms with Gasteiger partial charge >= 0.3 is 0 Å². The van der Waals surface area contributed by atoms with E-state index in [-0.39, 0.29) is 0 Å². The molecule has 1 heterocycles. The SMILES string of the molecule is CN(c1ccc(Br)s1)c1ccccc1N.